The lowest BCUT2D eigenvalue weighted by Gasteiger charge is -2.38. The van der Waals surface area contributed by atoms with Crippen LogP contribution in [0.5, 0.6) is 0 Å². The van der Waals surface area contributed by atoms with E-state index < -0.39 is 0 Å². The van der Waals surface area contributed by atoms with Crippen molar-refractivity contribution < 1.29 is 0 Å². The third kappa shape index (κ3) is 24.8. The minimum atomic E-state index is 0. The third-order valence-electron chi connectivity index (χ3n) is 20.2. The van der Waals surface area contributed by atoms with Crippen LogP contribution in [0.4, 0.5) is 0 Å². The fourth-order valence-electron chi connectivity index (χ4n) is 13.1. The summed E-state index contributed by atoms with van der Waals surface area (Å²) in [6, 6.07) is 12.1. The Hall–Kier alpha value is -2.54. The highest BCUT2D eigenvalue weighted by atomic mass is 15.2. The van der Waals surface area contributed by atoms with Gasteiger partial charge < -0.3 is 0 Å². The molecule has 0 N–H and O–H groups in total. The van der Waals surface area contributed by atoms with Gasteiger partial charge in [0.05, 0.1) is 0 Å². The lowest BCUT2D eigenvalue weighted by molar-refractivity contribution is 0.115. The maximum absolute atomic E-state index is 2.68. The molecule has 91 heavy (non-hydrogen) atoms. The molecule has 3 aromatic carbocycles. The maximum Gasteiger partial charge on any atom is 0.0248 e. The zero-order chi connectivity index (χ0) is 70.5. The first kappa shape index (κ1) is 88.5. The quantitative estimate of drug-likeness (QED) is 0.244. The van der Waals surface area contributed by atoms with Gasteiger partial charge in [0, 0.05) is 73.5 Å². The summed E-state index contributed by atoms with van der Waals surface area (Å²) in [4.78, 5) is 12.6. The van der Waals surface area contributed by atoms with E-state index in [0.717, 1.165) is 44.6 Å². The van der Waals surface area contributed by atoms with Gasteiger partial charge in [-0.05, 0) is 266 Å². The Morgan fingerprint density at radius 3 is 0.835 bits per heavy atom. The number of fused-ring (bicyclic) bond motifs is 1. The van der Waals surface area contributed by atoms with Crippen molar-refractivity contribution in [1.29, 1.82) is 0 Å². The smallest absolute Gasteiger partial charge is 0.0248 e. The molecule has 2 atom stereocenters. The molecule has 0 saturated carbocycles. The minimum Gasteiger partial charge on any atom is -0.298 e. The van der Waals surface area contributed by atoms with Crippen LogP contribution in [0.1, 0.15) is 357 Å². The number of hydrogen-bond donors (Lipinski definition) is 0. The van der Waals surface area contributed by atoms with Gasteiger partial charge >= 0.3 is 0 Å². The Morgan fingerprint density at radius 1 is 0.341 bits per heavy atom. The number of hydrogen-bond acceptors (Lipinski definition) is 5. The molecular weight excluding hydrogens is 1100 g/mol. The molecule has 0 aliphatic carbocycles. The summed E-state index contributed by atoms with van der Waals surface area (Å²) in [6.45, 7) is 104. The van der Waals surface area contributed by atoms with Gasteiger partial charge in [-0.15, -0.1) is 0 Å². The van der Waals surface area contributed by atoms with Crippen LogP contribution in [-0.2, 0) is 65.2 Å². The highest BCUT2D eigenvalue weighted by Crippen LogP contribution is 2.48. The van der Waals surface area contributed by atoms with Crippen LogP contribution in [-0.4, -0.2) is 86.4 Å². The molecule has 2 heterocycles. The van der Waals surface area contributed by atoms with Crippen LogP contribution >= 0.6 is 0 Å². The predicted molar refractivity (Wildman–Crippen MR) is 414 cm³/mol. The van der Waals surface area contributed by atoms with E-state index >= 15 is 0 Å². The van der Waals surface area contributed by atoms with Crippen LogP contribution in [0.25, 0.3) is 0 Å². The van der Waals surface area contributed by atoms with Gasteiger partial charge in [-0.2, -0.15) is 0 Å². The molecule has 0 amide bonds. The van der Waals surface area contributed by atoms with Gasteiger partial charge in [0.15, 0.2) is 0 Å². The largest absolute Gasteiger partial charge is 0.298 e. The number of likely N-dealkylation sites (tertiary alicyclic amines) is 1. The first-order valence-corrected chi connectivity index (χ1v) is 35.1. The monoisotopic (exact) mass is 1260 g/mol. The standard InChI is InChI=1S/C26H48N2.C22H37N.C20H35N.C16H33N.2CH4/c1-23(2,3)21-15-19(17-27(13)25(7,8)9)20(16-22(21)24(4,5)6)18-28(14)26(10,11)12;1-14-16-12-23(22(9,10)11)13-17(16)15(2)19(21(6,7)8)18(14)20(3,4)5;1-18(2,3)16-12-11-15(13-17(16)19(4,5)6)14-21(10)20(7,8)9;1-14(2,3)12-10-17(16(7,8)9)11-13(12)15(4,5)6;;/h15-16H,17-18H2,1-14H3;12-13H2,1-11H3;11-13H,14H2,1-10H3;12-13H,10-11H2,1-9H3;2*1H4. The highest BCUT2D eigenvalue weighted by Gasteiger charge is 2.47. The van der Waals surface area contributed by atoms with E-state index in [-0.39, 0.29) is 69.5 Å². The second-order valence-electron chi connectivity index (χ2n) is 41.6. The predicted octanol–water partition coefficient (Wildman–Crippen LogP) is 24.0. The van der Waals surface area contributed by atoms with Gasteiger partial charge in [-0.3, -0.25) is 24.5 Å². The summed E-state index contributed by atoms with van der Waals surface area (Å²) in [6.07, 6.45) is 0. The Morgan fingerprint density at radius 2 is 0.604 bits per heavy atom. The lowest BCUT2D eigenvalue weighted by Crippen LogP contribution is -2.40. The van der Waals surface area contributed by atoms with Gasteiger partial charge in [-0.1, -0.05) is 211 Å². The number of nitrogens with zero attached hydrogens (tertiary/aromatic N) is 5. The van der Waals surface area contributed by atoms with Crippen molar-refractivity contribution in [2.45, 2.75) is 392 Å². The fraction of sp³-hybridized carbons (Fsp3) is 0.791. The molecule has 1 fully saturated rings. The molecule has 3 aromatic rings. The second-order valence-corrected chi connectivity index (χ2v) is 41.6. The van der Waals surface area contributed by atoms with Crippen LogP contribution in [0, 0.1) is 36.5 Å². The van der Waals surface area contributed by atoms with Crippen molar-refractivity contribution in [2.75, 3.05) is 34.2 Å². The number of rotatable bonds is 6. The van der Waals surface area contributed by atoms with Crippen molar-refractivity contribution >= 4 is 0 Å². The van der Waals surface area contributed by atoms with E-state index in [4.69, 9.17) is 0 Å². The molecule has 1 saturated heterocycles. The molecular formula is C86H161N5. The van der Waals surface area contributed by atoms with Crippen LogP contribution in [0.2, 0.25) is 0 Å². The van der Waals surface area contributed by atoms with Crippen molar-refractivity contribution in [3.63, 3.8) is 0 Å². The zero-order valence-electron chi connectivity index (χ0n) is 68.2. The summed E-state index contributed by atoms with van der Waals surface area (Å²) in [5.41, 5.74) is 22.5. The molecule has 0 bridgehead atoms. The molecule has 5 heteroatoms. The van der Waals surface area contributed by atoms with E-state index in [2.05, 4.69) is 360 Å². The van der Waals surface area contributed by atoms with Gasteiger partial charge in [0.2, 0.25) is 0 Å². The molecule has 5 nitrogen and oxygen atoms in total. The van der Waals surface area contributed by atoms with E-state index in [9.17, 15) is 0 Å². The summed E-state index contributed by atoms with van der Waals surface area (Å²) in [5.74, 6) is 1.61. The molecule has 2 aliphatic heterocycles. The van der Waals surface area contributed by atoms with Crippen molar-refractivity contribution in [2.24, 2.45) is 22.7 Å². The van der Waals surface area contributed by atoms with Crippen molar-refractivity contribution in [3.05, 3.63) is 103 Å². The fourth-order valence-corrected chi connectivity index (χ4v) is 13.1. The molecule has 2 aliphatic rings. The first-order valence-electron chi connectivity index (χ1n) is 35.1. The molecule has 0 aromatic heterocycles. The second kappa shape index (κ2) is 30.1. The van der Waals surface area contributed by atoms with Crippen molar-refractivity contribution in [3.8, 4) is 0 Å². The average Bonchev–Trinajstić information content (AvgIpc) is 1.71. The first-order chi connectivity index (χ1) is 39.0. The molecule has 2 unspecified atom stereocenters. The van der Waals surface area contributed by atoms with Crippen LogP contribution in [0.15, 0.2) is 30.3 Å². The molecule has 0 radical (unpaired) electrons. The third-order valence-corrected chi connectivity index (χ3v) is 20.2. The van der Waals surface area contributed by atoms with E-state index in [1.54, 1.807) is 22.3 Å². The van der Waals surface area contributed by atoms with E-state index in [1.807, 2.05) is 0 Å². The Balaban J connectivity index is 0.00000119. The van der Waals surface area contributed by atoms with Crippen molar-refractivity contribution in [1.82, 2.24) is 24.5 Å². The van der Waals surface area contributed by atoms with Gasteiger partial charge in [-0.25, -0.2) is 0 Å². The minimum absolute atomic E-state index is 0. The topological polar surface area (TPSA) is 16.2 Å². The summed E-state index contributed by atoms with van der Waals surface area (Å²) >= 11 is 0. The normalized spacial score (nSPS) is 17.2. The lowest BCUT2D eigenvalue weighted by atomic mass is 9.66. The van der Waals surface area contributed by atoms with E-state index in [0.29, 0.717) is 16.4 Å². The Labute approximate surface area is 572 Å². The number of benzene rings is 3. The van der Waals surface area contributed by atoms with E-state index in [1.165, 1.54) is 63.2 Å². The Bertz CT molecular complexity index is 2630. The zero-order valence-corrected chi connectivity index (χ0v) is 68.2. The molecule has 530 valence electrons. The summed E-state index contributed by atoms with van der Waals surface area (Å²) < 4.78 is 0. The van der Waals surface area contributed by atoms with Gasteiger partial charge in [0.1, 0.15) is 0 Å². The average molecular weight is 1270 g/mol. The SMILES string of the molecule is C.C.CC(C)(C)C1CN(C(C)(C)C)CC1C(C)(C)C.CN(Cc1cc(C(C)(C)C)c(C(C)(C)C)cc1CN(C)C(C)(C)C)C(C)(C)C.CN(Cc1ccc(C(C)(C)C)c(C(C)(C)C)c1)C(C)(C)C.Cc1c2c(c(C)c(C(C)(C)C)c1C(C)(C)C)CN(C(C)(C)C)C2. The summed E-state index contributed by atoms with van der Waals surface area (Å²) in [5, 5.41) is 0. The highest BCUT2D eigenvalue weighted by molar-refractivity contribution is 5.57. The maximum atomic E-state index is 2.68. The Kier molecular flexibility index (Phi) is 29.2. The molecule has 5 rings (SSSR count). The van der Waals surface area contributed by atoms with Crippen LogP contribution in [0.3, 0.4) is 0 Å². The van der Waals surface area contributed by atoms with Crippen LogP contribution < -0.4 is 0 Å². The molecule has 0 spiro atoms. The van der Waals surface area contributed by atoms with Gasteiger partial charge in [0.25, 0.3) is 0 Å². The summed E-state index contributed by atoms with van der Waals surface area (Å²) in [7, 11) is 6.69.